The SMILES string of the molecule is CCC(N)C(c1ccncc1)N(C)Cc1ccccc1. The first-order valence-electron chi connectivity index (χ1n) is 7.12. The molecule has 0 saturated heterocycles. The molecule has 0 radical (unpaired) electrons. The van der Waals surface area contributed by atoms with Gasteiger partial charge in [0.15, 0.2) is 0 Å². The lowest BCUT2D eigenvalue weighted by atomic mass is 9.97. The number of hydrogen-bond donors (Lipinski definition) is 1. The molecule has 1 heterocycles. The molecule has 2 N–H and O–H groups in total. The highest BCUT2D eigenvalue weighted by Crippen LogP contribution is 2.24. The smallest absolute Gasteiger partial charge is 0.0500 e. The van der Waals surface area contributed by atoms with Gasteiger partial charge in [-0.3, -0.25) is 9.88 Å². The Morgan fingerprint density at radius 3 is 2.35 bits per heavy atom. The summed E-state index contributed by atoms with van der Waals surface area (Å²) in [6.07, 6.45) is 4.62. The maximum Gasteiger partial charge on any atom is 0.0500 e. The highest BCUT2D eigenvalue weighted by Gasteiger charge is 2.22. The number of nitrogens with two attached hydrogens (primary N) is 1. The second-order valence-corrected chi connectivity index (χ2v) is 5.20. The Kier molecular flexibility index (Phi) is 5.27. The van der Waals surface area contributed by atoms with Crippen LogP contribution in [0.1, 0.15) is 30.5 Å². The fourth-order valence-electron chi connectivity index (χ4n) is 2.58. The van der Waals surface area contributed by atoms with Gasteiger partial charge < -0.3 is 5.73 Å². The van der Waals surface area contributed by atoms with E-state index in [-0.39, 0.29) is 12.1 Å². The van der Waals surface area contributed by atoms with Crippen molar-refractivity contribution >= 4 is 0 Å². The van der Waals surface area contributed by atoms with Gasteiger partial charge in [-0.1, -0.05) is 37.3 Å². The van der Waals surface area contributed by atoms with Crippen LogP contribution in [0.2, 0.25) is 0 Å². The largest absolute Gasteiger partial charge is 0.326 e. The predicted molar refractivity (Wildman–Crippen MR) is 83.2 cm³/mol. The minimum absolute atomic E-state index is 0.117. The number of nitrogens with zero attached hydrogens (tertiary/aromatic N) is 2. The van der Waals surface area contributed by atoms with Gasteiger partial charge in [0.2, 0.25) is 0 Å². The van der Waals surface area contributed by atoms with Crippen LogP contribution in [-0.2, 0) is 6.54 Å². The van der Waals surface area contributed by atoms with Gasteiger partial charge in [0.1, 0.15) is 0 Å². The zero-order valence-corrected chi connectivity index (χ0v) is 12.2. The Bertz CT molecular complexity index is 498. The Balaban J connectivity index is 2.19. The highest BCUT2D eigenvalue weighted by atomic mass is 15.1. The van der Waals surface area contributed by atoms with Gasteiger partial charge >= 0.3 is 0 Å². The highest BCUT2D eigenvalue weighted by molar-refractivity contribution is 5.19. The van der Waals surface area contributed by atoms with Crippen LogP contribution in [0.15, 0.2) is 54.9 Å². The van der Waals surface area contributed by atoms with Gasteiger partial charge in [-0.05, 0) is 36.7 Å². The quantitative estimate of drug-likeness (QED) is 0.876. The molecule has 3 heteroatoms. The van der Waals surface area contributed by atoms with Gasteiger partial charge in [-0.25, -0.2) is 0 Å². The zero-order chi connectivity index (χ0) is 14.4. The fraction of sp³-hybridized carbons (Fsp3) is 0.353. The maximum absolute atomic E-state index is 6.34. The molecule has 0 amide bonds. The molecular formula is C17H23N3. The summed E-state index contributed by atoms with van der Waals surface area (Å²) >= 11 is 0. The standard InChI is InChI=1S/C17H23N3/c1-3-16(18)17(15-9-11-19-12-10-15)20(2)13-14-7-5-4-6-8-14/h4-12,16-17H,3,13,18H2,1-2H3. The second kappa shape index (κ2) is 7.17. The molecule has 2 atom stereocenters. The predicted octanol–water partition coefficient (Wildman–Crippen LogP) is 2.99. The fourth-order valence-corrected chi connectivity index (χ4v) is 2.58. The third-order valence-corrected chi connectivity index (χ3v) is 3.67. The number of pyridine rings is 1. The molecule has 2 rings (SSSR count). The van der Waals surface area contributed by atoms with Crippen LogP contribution in [0.4, 0.5) is 0 Å². The van der Waals surface area contributed by atoms with Crippen molar-refractivity contribution in [2.24, 2.45) is 5.73 Å². The molecule has 106 valence electrons. The second-order valence-electron chi connectivity index (χ2n) is 5.20. The Labute approximate surface area is 121 Å². The molecule has 1 aromatic heterocycles. The summed E-state index contributed by atoms with van der Waals surface area (Å²) in [7, 11) is 2.13. The third-order valence-electron chi connectivity index (χ3n) is 3.67. The Morgan fingerprint density at radius 1 is 1.10 bits per heavy atom. The number of likely N-dealkylation sites (N-methyl/N-ethyl adjacent to an activating group) is 1. The molecule has 0 bridgehead atoms. The van der Waals surface area contributed by atoms with Crippen LogP contribution >= 0.6 is 0 Å². The summed E-state index contributed by atoms with van der Waals surface area (Å²) in [5.74, 6) is 0. The third kappa shape index (κ3) is 3.65. The molecule has 2 aromatic rings. The molecule has 3 nitrogen and oxygen atoms in total. The van der Waals surface area contributed by atoms with Crippen LogP contribution in [-0.4, -0.2) is 23.0 Å². The monoisotopic (exact) mass is 269 g/mol. The van der Waals surface area contributed by atoms with Crippen molar-refractivity contribution in [3.05, 3.63) is 66.0 Å². The molecule has 1 aromatic carbocycles. The van der Waals surface area contributed by atoms with E-state index < -0.39 is 0 Å². The van der Waals surface area contributed by atoms with Crippen molar-refractivity contribution < 1.29 is 0 Å². The molecule has 0 fully saturated rings. The summed E-state index contributed by atoms with van der Waals surface area (Å²) in [6.45, 7) is 3.02. The molecule has 20 heavy (non-hydrogen) atoms. The van der Waals surface area contributed by atoms with Crippen LogP contribution in [0.5, 0.6) is 0 Å². The van der Waals surface area contributed by atoms with Crippen molar-refractivity contribution in [2.75, 3.05) is 7.05 Å². The average Bonchev–Trinajstić information content (AvgIpc) is 2.49. The average molecular weight is 269 g/mol. The van der Waals surface area contributed by atoms with Crippen LogP contribution in [0.3, 0.4) is 0 Å². The van der Waals surface area contributed by atoms with Crippen LogP contribution in [0.25, 0.3) is 0 Å². The minimum atomic E-state index is 0.117. The summed E-state index contributed by atoms with van der Waals surface area (Å²) in [4.78, 5) is 6.42. The maximum atomic E-state index is 6.34. The van der Waals surface area contributed by atoms with Crippen LogP contribution in [0, 0.1) is 0 Å². The van der Waals surface area contributed by atoms with E-state index in [2.05, 4.69) is 60.3 Å². The van der Waals surface area contributed by atoms with Gasteiger partial charge in [0.05, 0.1) is 6.04 Å². The zero-order valence-electron chi connectivity index (χ0n) is 12.2. The Morgan fingerprint density at radius 2 is 1.75 bits per heavy atom. The lowest BCUT2D eigenvalue weighted by Gasteiger charge is -2.32. The molecule has 0 aliphatic carbocycles. The molecular weight excluding hydrogens is 246 g/mol. The first kappa shape index (κ1) is 14.7. The summed E-state index contributed by atoms with van der Waals surface area (Å²) in [6, 6.07) is 14.9. The van der Waals surface area contributed by atoms with Crippen molar-refractivity contribution in [3.63, 3.8) is 0 Å². The summed E-state index contributed by atoms with van der Waals surface area (Å²) in [5.41, 5.74) is 8.87. The number of aromatic nitrogens is 1. The topological polar surface area (TPSA) is 42.1 Å². The molecule has 0 aliphatic rings. The number of hydrogen-bond acceptors (Lipinski definition) is 3. The lowest BCUT2D eigenvalue weighted by molar-refractivity contribution is 0.201. The lowest BCUT2D eigenvalue weighted by Crippen LogP contribution is -2.38. The molecule has 2 unspecified atom stereocenters. The summed E-state index contributed by atoms with van der Waals surface area (Å²) in [5, 5.41) is 0. The molecule has 0 spiro atoms. The van der Waals surface area contributed by atoms with E-state index in [1.54, 1.807) is 0 Å². The van der Waals surface area contributed by atoms with Gasteiger partial charge in [0.25, 0.3) is 0 Å². The molecule has 0 aliphatic heterocycles. The summed E-state index contributed by atoms with van der Waals surface area (Å²) < 4.78 is 0. The van der Waals surface area contributed by atoms with Crippen molar-refractivity contribution in [1.29, 1.82) is 0 Å². The first-order valence-corrected chi connectivity index (χ1v) is 7.12. The van der Waals surface area contributed by atoms with Crippen molar-refractivity contribution in [3.8, 4) is 0 Å². The normalized spacial score (nSPS) is 14.2. The molecule has 0 saturated carbocycles. The van der Waals surface area contributed by atoms with Crippen LogP contribution < -0.4 is 5.73 Å². The van der Waals surface area contributed by atoms with E-state index in [0.29, 0.717) is 0 Å². The van der Waals surface area contributed by atoms with E-state index in [4.69, 9.17) is 5.73 Å². The van der Waals surface area contributed by atoms with E-state index in [0.717, 1.165) is 13.0 Å². The van der Waals surface area contributed by atoms with Gasteiger partial charge in [0, 0.05) is 25.0 Å². The van der Waals surface area contributed by atoms with E-state index in [1.165, 1.54) is 11.1 Å². The Hall–Kier alpha value is -1.71. The minimum Gasteiger partial charge on any atom is -0.326 e. The first-order chi connectivity index (χ1) is 9.72. The van der Waals surface area contributed by atoms with Gasteiger partial charge in [-0.15, -0.1) is 0 Å². The van der Waals surface area contributed by atoms with E-state index in [1.807, 2.05) is 18.5 Å². The van der Waals surface area contributed by atoms with Crippen molar-refractivity contribution in [2.45, 2.75) is 32.0 Å². The van der Waals surface area contributed by atoms with E-state index >= 15 is 0 Å². The van der Waals surface area contributed by atoms with Gasteiger partial charge in [-0.2, -0.15) is 0 Å². The number of benzene rings is 1. The number of rotatable bonds is 6. The van der Waals surface area contributed by atoms with E-state index in [9.17, 15) is 0 Å². The van der Waals surface area contributed by atoms with Crippen molar-refractivity contribution in [1.82, 2.24) is 9.88 Å².